The van der Waals surface area contributed by atoms with Gasteiger partial charge in [-0.15, -0.1) is 0 Å². The SMILES string of the molecule is COc1cc(OC)cc(C(=O)N2CCCC(COc3ccc(C)cc3)C2)c1. The lowest BCUT2D eigenvalue weighted by molar-refractivity contribution is 0.0632. The van der Waals surface area contributed by atoms with Crippen molar-refractivity contribution < 1.29 is 19.0 Å². The van der Waals surface area contributed by atoms with Crippen LogP contribution in [0.4, 0.5) is 0 Å². The standard InChI is InChI=1S/C22H27NO4/c1-16-6-8-19(9-7-16)27-15-17-5-4-10-23(14-17)22(24)18-11-20(25-2)13-21(12-18)26-3/h6-9,11-13,17H,4-5,10,14-15H2,1-3H3. The van der Waals surface area contributed by atoms with Gasteiger partial charge in [-0.1, -0.05) is 17.7 Å². The van der Waals surface area contributed by atoms with E-state index in [1.165, 1.54) is 5.56 Å². The summed E-state index contributed by atoms with van der Waals surface area (Å²) in [5.74, 6) is 2.45. The van der Waals surface area contributed by atoms with Crippen LogP contribution in [0.2, 0.25) is 0 Å². The zero-order valence-electron chi connectivity index (χ0n) is 16.2. The molecule has 2 aromatic rings. The lowest BCUT2D eigenvalue weighted by atomic mass is 9.98. The van der Waals surface area contributed by atoms with Crippen LogP contribution < -0.4 is 14.2 Å². The third kappa shape index (κ3) is 4.94. The molecule has 0 aliphatic carbocycles. The maximum atomic E-state index is 13.0. The molecule has 1 unspecified atom stereocenters. The molecule has 144 valence electrons. The number of benzene rings is 2. The first-order chi connectivity index (χ1) is 13.1. The molecule has 1 atom stereocenters. The van der Waals surface area contributed by atoms with E-state index in [2.05, 4.69) is 6.92 Å². The van der Waals surface area contributed by atoms with Gasteiger partial charge in [-0.05, 0) is 44.0 Å². The Balaban J connectivity index is 1.63. The van der Waals surface area contributed by atoms with Crippen LogP contribution in [0.5, 0.6) is 17.2 Å². The number of likely N-dealkylation sites (tertiary alicyclic amines) is 1. The molecule has 0 saturated carbocycles. The Morgan fingerprint density at radius 1 is 1.04 bits per heavy atom. The van der Waals surface area contributed by atoms with Crippen molar-refractivity contribution in [2.24, 2.45) is 5.92 Å². The third-order valence-corrected chi connectivity index (χ3v) is 4.91. The highest BCUT2D eigenvalue weighted by atomic mass is 16.5. The number of ether oxygens (including phenoxy) is 3. The summed E-state index contributed by atoms with van der Waals surface area (Å²) in [4.78, 5) is 14.9. The number of aryl methyl sites for hydroxylation is 1. The van der Waals surface area contributed by atoms with E-state index >= 15 is 0 Å². The number of carbonyl (C=O) groups is 1. The van der Waals surface area contributed by atoms with Crippen molar-refractivity contribution in [2.75, 3.05) is 33.9 Å². The van der Waals surface area contributed by atoms with Gasteiger partial charge in [0.1, 0.15) is 17.2 Å². The zero-order valence-corrected chi connectivity index (χ0v) is 16.2. The van der Waals surface area contributed by atoms with E-state index < -0.39 is 0 Å². The molecule has 5 heteroatoms. The molecule has 1 aliphatic rings. The lowest BCUT2D eigenvalue weighted by Gasteiger charge is -2.32. The van der Waals surface area contributed by atoms with Gasteiger partial charge in [-0.25, -0.2) is 0 Å². The van der Waals surface area contributed by atoms with Crippen LogP contribution in [0.1, 0.15) is 28.8 Å². The molecular formula is C22H27NO4. The third-order valence-electron chi connectivity index (χ3n) is 4.91. The first kappa shape index (κ1) is 19.1. The number of methoxy groups -OCH3 is 2. The fraction of sp³-hybridized carbons (Fsp3) is 0.409. The molecular weight excluding hydrogens is 342 g/mol. The van der Waals surface area contributed by atoms with E-state index in [0.717, 1.165) is 25.1 Å². The summed E-state index contributed by atoms with van der Waals surface area (Å²) in [6, 6.07) is 13.4. The summed E-state index contributed by atoms with van der Waals surface area (Å²) >= 11 is 0. The van der Waals surface area contributed by atoms with Crippen LogP contribution in [0.25, 0.3) is 0 Å². The van der Waals surface area contributed by atoms with E-state index in [0.29, 0.717) is 36.1 Å². The second kappa shape index (κ2) is 8.80. The normalized spacial score (nSPS) is 16.7. The van der Waals surface area contributed by atoms with Gasteiger partial charge < -0.3 is 19.1 Å². The van der Waals surface area contributed by atoms with Crippen LogP contribution in [-0.2, 0) is 0 Å². The molecule has 0 spiro atoms. The minimum atomic E-state index is 0.00670. The fourth-order valence-electron chi connectivity index (χ4n) is 3.35. The minimum absolute atomic E-state index is 0.00670. The molecule has 0 radical (unpaired) electrons. The van der Waals surface area contributed by atoms with Crippen molar-refractivity contribution >= 4 is 5.91 Å². The highest BCUT2D eigenvalue weighted by molar-refractivity contribution is 5.95. The highest BCUT2D eigenvalue weighted by Crippen LogP contribution is 2.26. The molecule has 1 aliphatic heterocycles. The van der Waals surface area contributed by atoms with Crippen molar-refractivity contribution in [3.63, 3.8) is 0 Å². The van der Waals surface area contributed by atoms with Crippen molar-refractivity contribution in [3.05, 3.63) is 53.6 Å². The second-order valence-electron chi connectivity index (χ2n) is 6.98. The zero-order chi connectivity index (χ0) is 19.2. The highest BCUT2D eigenvalue weighted by Gasteiger charge is 2.25. The number of piperidine rings is 1. The van der Waals surface area contributed by atoms with Gasteiger partial charge in [0.2, 0.25) is 0 Å². The van der Waals surface area contributed by atoms with Crippen LogP contribution in [0.3, 0.4) is 0 Å². The van der Waals surface area contributed by atoms with E-state index in [4.69, 9.17) is 14.2 Å². The summed E-state index contributed by atoms with van der Waals surface area (Å²) in [7, 11) is 3.17. The number of amides is 1. The molecule has 0 N–H and O–H groups in total. The molecule has 1 heterocycles. The van der Waals surface area contributed by atoms with Gasteiger partial charge in [-0.2, -0.15) is 0 Å². The smallest absolute Gasteiger partial charge is 0.254 e. The van der Waals surface area contributed by atoms with Gasteiger partial charge in [0, 0.05) is 30.6 Å². The predicted molar refractivity (Wildman–Crippen MR) is 105 cm³/mol. The van der Waals surface area contributed by atoms with E-state index in [9.17, 15) is 4.79 Å². The van der Waals surface area contributed by atoms with Gasteiger partial charge in [0.05, 0.1) is 20.8 Å². The lowest BCUT2D eigenvalue weighted by Crippen LogP contribution is -2.41. The Hall–Kier alpha value is -2.69. The number of hydrogen-bond acceptors (Lipinski definition) is 4. The Morgan fingerprint density at radius 3 is 2.33 bits per heavy atom. The van der Waals surface area contributed by atoms with Crippen molar-refractivity contribution in [1.29, 1.82) is 0 Å². The molecule has 0 aromatic heterocycles. The van der Waals surface area contributed by atoms with Crippen molar-refractivity contribution in [1.82, 2.24) is 4.90 Å². The average Bonchev–Trinajstić information content (AvgIpc) is 2.72. The summed E-state index contributed by atoms with van der Waals surface area (Å²) in [5.41, 5.74) is 1.80. The number of rotatable bonds is 6. The van der Waals surface area contributed by atoms with Crippen LogP contribution in [0, 0.1) is 12.8 Å². The summed E-state index contributed by atoms with van der Waals surface area (Å²) in [6.07, 6.45) is 2.05. The average molecular weight is 369 g/mol. The van der Waals surface area contributed by atoms with Crippen molar-refractivity contribution in [2.45, 2.75) is 19.8 Å². The number of nitrogens with zero attached hydrogens (tertiary/aromatic N) is 1. The first-order valence-electron chi connectivity index (χ1n) is 9.31. The Morgan fingerprint density at radius 2 is 1.70 bits per heavy atom. The van der Waals surface area contributed by atoms with E-state index in [1.807, 2.05) is 29.2 Å². The Bertz CT molecular complexity index is 750. The van der Waals surface area contributed by atoms with Gasteiger partial charge in [0.15, 0.2) is 0 Å². The quantitative estimate of drug-likeness (QED) is 0.774. The first-order valence-corrected chi connectivity index (χ1v) is 9.31. The predicted octanol–water partition coefficient (Wildman–Crippen LogP) is 3.94. The van der Waals surface area contributed by atoms with Crippen molar-refractivity contribution in [3.8, 4) is 17.2 Å². The fourth-order valence-corrected chi connectivity index (χ4v) is 3.35. The summed E-state index contributed by atoms with van der Waals surface area (Å²) < 4.78 is 16.5. The Labute approximate surface area is 160 Å². The number of carbonyl (C=O) groups excluding carboxylic acids is 1. The van der Waals surface area contributed by atoms with Gasteiger partial charge in [-0.3, -0.25) is 4.79 Å². The molecule has 5 nitrogen and oxygen atoms in total. The van der Waals surface area contributed by atoms with E-state index in [1.54, 1.807) is 32.4 Å². The van der Waals surface area contributed by atoms with Gasteiger partial charge >= 0.3 is 0 Å². The molecule has 27 heavy (non-hydrogen) atoms. The Kier molecular flexibility index (Phi) is 6.22. The number of hydrogen-bond donors (Lipinski definition) is 0. The molecule has 2 aromatic carbocycles. The second-order valence-corrected chi connectivity index (χ2v) is 6.98. The monoisotopic (exact) mass is 369 g/mol. The van der Waals surface area contributed by atoms with Gasteiger partial charge in [0.25, 0.3) is 5.91 Å². The summed E-state index contributed by atoms with van der Waals surface area (Å²) in [6.45, 7) is 4.14. The van der Waals surface area contributed by atoms with E-state index in [-0.39, 0.29) is 5.91 Å². The largest absolute Gasteiger partial charge is 0.497 e. The maximum absolute atomic E-state index is 13.0. The molecule has 3 rings (SSSR count). The topological polar surface area (TPSA) is 48.0 Å². The van der Waals surface area contributed by atoms with Crippen LogP contribution in [0.15, 0.2) is 42.5 Å². The molecule has 0 bridgehead atoms. The maximum Gasteiger partial charge on any atom is 0.254 e. The molecule has 1 saturated heterocycles. The molecule has 1 amide bonds. The van der Waals surface area contributed by atoms with Crippen LogP contribution in [-0.4, -0.2) is 44.7 Å². The minimum Gasteiger partial charge on any atom is -0.497 e. The van der Waals surface area contributed by atoms with Crippen LogP contribution >= 0.6 is 0 Å². The summed E-state index contributed by atoms with van der Waals surface area (Å²) in [5, 5.41) is 0. The molecule has 1 fully saturated rings.